The van der Waals surface area contributed by atoms with E-state index in [0.29, 0.717) is 11.2 Å². The van der Waals surface area contributed by atoms with Crippen molar-refractivity contribution in [2.75, 3.05) is 31.7 Å². The molecule has 0 saturated carbocycles. The van der Waals surface area contributed by atoms with E-state index < -0.39 is 0 Å². The lowest BCUT2D eigenvalue weighted by Crippen LogP contribution is -2.37. The van der Waals surface area contributed by atoms with Crippen LogP contribution in [0.5, 0.6) is 0 Å². The van der Waals surface area contributed by atoms with E-state index in [1.165, 1.54) is 12.8 Å². The molecule has 1 aromatic rings. The van der Waals surface area contributed by atoms with Crippen LogP contribution in [0.25, 0.3) is 0 Å². The van der Waals surface area contributed by atoms with Gasteiger partial charge in [-0.1, -0.05) is 0 Å². The van der Waals surface area contributed by atoms with E-state index >= 15 is 0 Å². The molecule has 0 aromatic carbocycles. The van der Waals surface area contributed by atoms with Crippen LogP contribution < -0.4 is 4.90 Å². The van der Waals surface area contributed by atoms with Crippen LogP contribution in [0, 0.1) is 5.92 Å². The normalized spacial score (nSPS) is 21.1. The molecule has 0 unspecified atom stereocenters. The van der Waals surface area contributed by atoms with Crippen molar-refractivity contribution in [3.63, 3.8) is 0 Å². The summed E-state index contributed by atoms with van der Waals surface area (Å²) in [5, 5.41) is 0.311. The fourth-order valence-electron chi connectivity index (χ4n) is 2.15. The Kier molecular flexibility index (Phi) is 3.96. The fraction of sp³-hybridized carbons (Fsp3) is 0.636. The van der Waals surface area contributed by atoms with Gasteiger partial charge < -0.3 is 9.64 Å². The van der Waals surface area contributed by atoms with Crippen LogP contribution >= 0.6 is 11.6 Å². The van der Waals surface area contributed by atoms with Gasteiger partial charge >= 0.3 is 0 Å². The van der Waals surface area contributed by atoms with Gasteiger partial charge in [0.05, 0.1) is 6.61 Å². The van der Waals surface area contributed by atoms with E-state index in [1.807, 2.05) is 6.07 Å². The maximum Gasteiger partial charge on any atom is 0.224 e. The van der Waals surface area contributed by atoms with Crippen LogP contribution in [0.1, 0.15) is 12.8 Å². The Bertz CT molecular complexity index is 346. The van der Waals surface area contributed by atoms with Crippen molar-refractivity contribution < 1.29 is 4.74 Å². The van der Waals surface area contributed by atoms with Crippen molar-refractivity contribution in [3.8, 4) is 0 Å². The maximum atomic E-state index is 5.79. The molecule has 0 amide bonds. The molecule has 88 valence electrons. The summed E-state index contributed by atoms with van der Waals surface area (Å²) in [4.78, 5) is 10.4. The van der Waals surface area contributed by atoms with Crippen molar-refractivity contribution in [1.29, 1.82) is 0 Å². The van der Waals surface area contributed by atoms with Crippen molar-refractivity contribution in [1.82, 2.24) is 9.97 Å². The summed E-state index contributed by atoms with van der Waals surface area (Å²) in [5.41, 5.74) is 0. The van der Waals surface area contributed by atoms with E-state index in [-0.39, 0.29) is 0 Å². The summed E-state index contributed by atoms with van der Waals surface area (Å²) in [5.74, 6) is 1.51. The highest BCUT2D eigenvalue weighted by atomic mass is 35.5. The average Bonchev–Trinajstić information content (AvgIpc) is 2.30. The largest absolute Gasteiger partial charge is 0.384 e. The predicted molar refractivity (Wildman–Crippen MR) is 63.9 cm³/mol. The number of halogens is 1. The molecule has 1 fully saturated rings. The minimum atomic E-state index is 0.311. The first-order valence-corrected chi connectivity index (χ1v) is 5.90. The van der Waals surface area contributed by atoms with Gasteiger partial charge in [0.2, 0.25) is 5.28 Å². The molecule has 0 spiro atoms. The average molecular weight is 242 g/mol. The molecule has 4 nitrogen and oxygen atoms in total. The molecular weight excluding hydrogens is 226 g/mol. The number of aromatic nitrogens is 2. The number of ether oxygens (including phenoxy) is 1. The highest BCUT2D eigenvalue weighted by Gasteiger charge is 2.20. The number of nitrogens with zero attached hydrogens (tertiary/aromatic N) is 3. The fourth-order valence-corrected chi connectivity index (χ4v) is 2.29. The number of rotatable bonds is 3. The van der Waals surface area contributed by atoms with Crippen molar-refractivity contribution >= 4 is 17.4 Å². The topological polar surface area (TPSA) is 38.2 Å². The molecule has 1 saturated heterocycles. The molecule has 1 aliphatic rings. The minimum absolute atomic E-state index is 0.311. The van der Waals surface area contributed by atoms with Crippen molar-refractivity contribution in [2.24, 2.45) is 5.92 Å². The second-order valence-electron chi connectivity index (χ2n) is 4.09. The number of anilines is 1. The third-order valence-electron chi connectivity index (χ3n) is 2.86. The standard InChI is InChI=1S/C11H16ClN3O/c1-16-8-9-3-2-6-15(7-9)10-4-5-13-11(12)14-10/h4-5,9H,2-3,6-8H2,1H3/t9-/m0/s1. The molecule has 0 radical (unpaired) electrons. The molecule has 1 aliphatic heterocycles. The minimum Gasteiger partial charge on any atom is -0.384 e. The molecular formula is C11H16ClN3O. The van der Waals surface area contributed by atoms with Gasteiger partial charge in [0, 0.05) is 26.4 Å². The Morgan fingerprint density at radius 2 is 2.50 bits per heavy atom. The van der Waals surface area contributed by atoms with Crippen molar-refractivity contribution in [2.45, 2.75) is 12.8 Å². The molecule has 5 heteroatoms. The zero-order chi connectivity index (χ0) is 11.4. The van der Waals surface area contributed by atoms with Gasteiger partial charge in [-0.05, 0) is 36.4 Å². The smallest absolute Gasteiger partial charge is 0.224 e. The summed E-state index contributed by atoms with van der Waals surface area (Å²) in [6, 6.07) is 1.90. The van der Waals surface area contributed by atoms with Crippen LogP contribution in [0.2, 0.25) is 5.28 Å². The lowest BCUT2D eigenvalue weighted by atomic mass is 9.99. The monoisotopic (exact) mass is 241 g/mol. The third kappa shape index (κ3) is 2.83. The summed E-state index contributed by atoms with van der Waals surface area (Å²) in [6.07, 6.45) is 4.10. The summed E-state index contributed by atoms with van der Waals surface area (Å²) in [6.45, 7) is 2.84. The Labute approximate surface area is 101 Å². The Morgan fingerprint density at radius 3 is 3.25 bits per heavy atom. The molecule has 1 atom stereocenters. The Balaban J connectivity index is 2.03. The molecule has 0 aliphatic carbocycles. The Morgan fingerprint density at radius 1 is 1.62 bits per heavy atom. The highest BCUT2D eigenvalue weighted by molar-refractivity contribution is 6.28. The molecule has 2 rings (SSSR count). The van der Waals surface area contributed by atoms with Crippen LogP contribution in [0.15, 0.2) is 12.3 Å². The van der Waals surface area contributed by atoms with Crippen molar-refractivity contribution in [3.05, 3.63) is 17.5 Å². The molecule has 1 aromatic heterocycles. The number of piperidine rings is 1. The second kappa shape index (κ2) is 5.46. The zero-order valence-corrected chi connectivity index (χ0v) is 10.2. The van der Waals surface area contributed by atoms with Crippen LogP contribution in [-0.4, -0.2) is 36.8 Å². The molecule has 0 bridgehead atoms. The first-order chi connectivity index (χ1) is 7.79. The van der Waals surface area contributed by atoms with Gasteiger partial charge in [-0.3, -0.25) is 0 Å². The summed E-state index contributed by atoms with van der Waals surface area (Å²) in [7, 11) is 1.75. The van der Waals surface area contributed by atoms with Gasteiger partial charge in [-0.15, -0.1) is 0 Å². The highest BCUT2D eigenvalue weighted by Crippen LogP contribution is 2.22. The van der Waals surface area contributed by atoms with Crippen LogP contribution in [0.3, 0.4) is 0 Å². The van der Waals surface area contributed by atoms with Crippen LogP contribution in [0.4, 0.5) is 5.82 Å². The molecule has 2 heterocycles. The SMILES string of the molecule is COC[C@H]1CCCN(c2ccnc(Cl)n2)C1. The van der Waals surface area contributed by atoms with Gasteiger partial charge in [0.25, 0.3) is 0 Å². The van der Waals surface area contributed by atoms with E-state index in [9.17, 15) is 0 Å². The van der Waals surface area contributed by atoms with Gasteiger partial charge in [0.1, 0.15) is 5.82 Å². The van der Waals surface area contributed by atoms with Gasteiger partial charge in [-0.25, -0.2) is 9.97 Å². The number of hydrogen-bond donors (Lipinski definition) is 0. The summed E-state index contributed by atoms with van der Waals surface area (Å²) >= 11 is 5.79. The quantitative estimate of drug-likeness (QED) is 0.759. The summed E-state index contributed by atoms with van der Waals surface area (Å²) < 4.78 is 5.20. The molecule has 16 heavy (non-hydrogen) atoms. The zero-order valence-electron chi connectivity index (χ0n) is 9.40. The lowest BCUT2D eigenvalue weighted by Gasteiger charge is -2.33. The maximum absolute atomic E-state index is 5.79. The number of hydrogen-bond acceptors (Lipinski definition) is 4. The first kappa shape index (κ1) is 11.6. The van der Waals surface area contributed by atoms with Gasteiger partial charge in [-0.2, -0.15) is 0 Å². The predicted octanol–water partition coefficient (Wildman–Crippen LogP) is 1.99. The molecule has 0 N–H and O–H groups in total. The van der Waals surface area contributed by atoms with E-state index in [0.717, 1.165) is 25.5 Å². The second-order valence-corrected chi connectivity index (χ2v) is 4.43. The Hall–Kier alpha value is -0.870. The van der Waals surface area contributed by atoms with Gasteiger partial charge in [0.15, 0.2) is 0 Å². The van der Waals surface area contributed by atoms with E-state index in [1.54, 1.807) is 13.3 Å². The number of methoxy groups -OCH3 is 1. The van der Waals surface area contributed by atoms with E-state index in [2.05, 4.69) is 14.9 Å². The lowest BCUT2D eigenvalue weighted by molar-refractivity contribution is 0.143. The third-order valence-corrected chi connectivity index (χ3v) is 3.04. The van der Waals surface area contributed by atoms with E-state index in [4.69, 9.17) is 16.3 Å². The first-order valence-electron chi connectivity index (χ1n) is 5.52. The van der Waals surface area contributed by atoms with Crippen LogP contribution in [-0.2, 0) is 4.74 Å².